The zero-order chi connectivity index (χ0) is 42.2. The zero-order valence-electron chi connectivity index (χ0n) is 33.0. The molecule has 0 bridgehead atoms. The Morgan fingerprint density at radius 2 is 1.50 bits per heavy atom. The fourth-order valence-corrected chi connectivity index (χ4v) is 6.60. The van der Waals surface area contributed by atoms with Crippen molar-refractivity contribution >= 4 is 45.4 Å². The quantitative estimate of drug-likeness (QED) is 0.155. The number of anilines is 1. The molecule has 2 N–H and O–H groups in total. The van der Waals surface area contributed by atoms with Gasteiger partial charge in [0.05, 0.1) is 26.5 Å². The summed E-state index contributed by atoms with van der Waals surface area (Å²) in [6.07, 6.45) is -0.771. The van der Waals surface area contributed by atoms with Gasteiger partial charge in [-0.15, -0.1) is 0 Å². The van der Waals surface area contributed by atoms with Gasteiger partial charge >= 0.3 is 18.1 Å². The molecule has 18 heteroatoms. The number of urea groups is 1. The van der Waals surface area contributed by atoms with Crippen molar-refractivity contribution in [3.63, 3.8) is 0 Å². The third kappa shape index (κ3) is 12.3. The number of hydrogen-bond acceptors (Lipinski definition) is 11. The Hall–Kier alpha value is -4.87. The van der Waals surface area contributed by atoms with Crippen molar-refractivity contribution in [3.05, 3.63) is 76.3 Å². The van der Waals surface area contributed by atoms with Gasteiger partial charge in [-0.3, -0.25) is 9.69 Å². The van der Waals surface area contributed by atoms with Gasteiger partial charge in [0, 0.05) is 54.5 Å². The molecule has 0 radical (unpaired) electrons. The molecular formula is C38H49ClF2N4O10S. The topological polar surface area (TPSA) is 162 Å². The van der Waals surface area contributed by atoms with Gasteiger partial charge in [-0.25, -0.2) is 31.1 Å². The predicted octanol–water partition coefficient (Wildman–Crippen LogP) is 6.81. The molecule has 56 heavy (non-hydrogen) atoms. The van der Waals surface area contributed by atoms with Crippen molar-refractivity contribution in [2.45, 2.75) is 83.8 Å². The van der Waals surface area contributed by atoms with E-state index in [2.05, 4.69) is 10.6 Å². The van der Waals surface area contributed by atoms with Crippen molar-refractivity contribution in [2.24, 2.45) is 0 Å². The number of nitrogens with zero attached hydrogens (tertiary/aromatic N) is 2. The van der Waals surface area contributed by atoms with Crippen molar-refractivity contribution in [2.75, 3.05) is 39.3 Å². The van der Waals surface area contributed by atoms with E-state index in [9.17, 15) is 22.8 Å². The second-order valence-electron chi connectivity index (χ2n) is 14.4. The van der Waals surface area contributed by atoms with Crippen LogP contribution in [0.1, 0.15) is 59.6 Å². The van der Waals surface area contributed by atoms with Gasteiger partial charge in [0.1, 0.15) is 46.1 Å². The summed E-state index contributed by atoms with van der Waals surface area (Å²) in [6, 6.07) is 8.02. The summed E-state index contributed by atoms with van der Waals surface area (Å²) in [7, 11) is -1.07. The minimum Gasteiger partial charge on any atom is -0.497 e. The summed E-state index contributed by atoms with van der Waals surface area (Å²) in [6.45, 7) is 10.9. The first-order valence-corrected chi connectivity index (χ1v) is 19.2. The highest BCUT2D eigenvalue weighted by atomic mass is 35.5. The Balaban J connectivity index is 1.93. The van der Waals surface area contributed by atoms with Gasteiger partial charge in [0.2, 0.25) is 0 Å². The SMILES string of the molecule is CNC(=O)N(Cc1ccc(OC)cc1OC)S(=O)(=O)c1cc(F)c(OCc2ccc(Cl)cc2N(CCNC(C)C(=O)OC(C)(C)C)C(=O)OC(C)(C)C)cc1F. The molecule has 0 saturated carbocycles. The number of esters is 1. The highest BCUT2D eigenvalue weighted by Gasteiger charge is 2.34. The molecule has 1 unspecified atom stereocenters. The highest BCUT2D eigenvalue weighted by Crippen LogP contribution is 2.33. The van der Waals surface area contributed by atoms with Crippen LogP contribution in [0.25, 0.3) is 0 Å². The Morgan fingerprint density at radius 3 is 2.09 bits per heavy atom. The van der Waals surface area contributed by atoms with E-state index in [4.69, 9.17) is 35.3 Å². The van der Waals surface area contributed by atoms with E-state index in [1.807, 2.05) is 0 Å². The minimum atomic E-state index is -5.01. The van der Waals surface area contributed by atoms with Crippen LogP contribution < -0.4 is 29.7 Å². The van der Waals surface area contributed by atoms with Gasteiger partial charge < -0.3 is 34.3 Å². The van der Waals surface area contributed by atoms with Gasteiger partial charge in [0.25, 0.3) is 10.0 Å². The molecule has 0 saturated heterocycles. The van der Waals surface area contributed by atoms with Crippen molar-refractivity contribution in [3.8, 4) is 17.2 Å². The zero-order valence-corrected chi connectivity index (χ0v) is 34.6. The molecule has 3 amide bonds. The van der Waals surface area contributed by atoms with E-state index in [1.165, 1.54) is 62.6 Å². The second kappa shape index (κ2) is 18.8. The third-order valence-corrected chi connectivity index (χ3v) is 9.66. The second-order valence-corrected chi connectivity index (χ2v) is 16.6. The fourth-order valence-electron chi connectivity index (χ4n) is 5.02. The number of nitrogens with one attached hydrogen (secondary N) is 2. The average molecular weight is 827 g/mol. The first-order valence-electron chi connectivity index (χ1n) is 17.3. The van der Waals surface area contributed by atoms with Crippen molar-refractivity contribution in [1.29, 1.82) is 0 Å². The molecule has 3 aromatic rings. The molecule has 0 heterocycles. The first-order chi connectivity index (χ1) is 26.0. The summed E-state index contributed by atoms with van der Waals surface area (Å²) >= 11 is 6.34. The number of sulfonamides is 1. The lowest BCUT2D eigenvalue weighted by Crippen LogP contribution is -2.45. The van der Waals surface area contributed by atoms with E-state index in [0.717, 1.165) is 0 Å². The summed E-state index contributed by atoms with van der Waals surface area (Å²) in [4.78, 5) is 39.0. The van der Waals surface area contributed by atoms with Crippen LogP contribution >= 0.6 is 11.6 Å². The van der Waals surface area contributed by atoms with Crippen LogP contribution in [0.3, 0.4) is 0 Å². The predicted molar refractivity (Wildman–Crippen MR) is 206 cm³/mol. The molecule has 3 rings (SSSR count). The molecule has 0 fully saturated rings. The summed E-state index contributed by atoms with van der Waals surface area (Å²) in [5.41, 5.74) is -0.891. The van der Waals surface area contributed by atoms with E-state index in [-0.39, 0.29) is 40.7 Å². The highest BCUT2D eigenvalue weighted by molar-refractivity contribution is 7.89. The molecule has 0 aliphatic heterocycles. The van der Waals surface area contributed by atoms with Crippen LogP contribution in [0.15, 0.2) is 53.4 Å². The van der Waals surface area contributed by atoms with Crippen LogP contribution in [-0.4, -0.2) is 82.4 Å². The molecule has 0 aliphatic rings. The monoisotopic (exact) mass is 826 g/mol. The Morgan fingerprint density at radius 1 is 0.857 bits per heavy atom. The molecule has 1 atom stereocenters. The lowest BCUT2D eigenvalue weighted by Gasteiger charge is -2.29. The molecule has 0 aromatic heterocycles. The smallest absolute Gasteiger partial charge is 0.414 e. The Labute approximate surface area is 331 Å². The maximum absolute atomic E-state index is 15.7. The standard InChI is InChI=1S/C38H49ClF2N4O10S/c1-23(34(46)54-37(2,3)4)43-15-16-44(36(48)55-38(5,6)7)30-17-26(39)13-11-25(30)22-53-32-19-29(41)33(20-28(32)40)56(49,50)45(35(47)42-8)21-24-12-14-27(51-9)18-31(24)52-10/h11-14,17-20,23,43H,15-16,21-22H2,1-10H3,(H,42,47). The largest absolute Gasteiger partial charge is 0.497 e. The number of halogens is 3. The number of methoxy groups -OCH3 is 2. The Bertz CT molecular complexity index is 2000. The number of carbonyl (C=O) groups excluding carboxylic acids is 3. The van der Waals surface area contributed by atoms with Crippen LogP contribution in [-0.2, 0) is 37.4 Å². The summed E-state index contributed by atoms with van der Waals surface area (Å²) < 4.78 is 86.3. The normalized spacial score (nSPS) is 12.3. The summed E-state index contributed by atoms with van der Waals surface area (Å²) in [5, 5.41) is 5.45. The molecule has 14 nitrogen and oxygen atoms in total. The molecule has 3 aromatic carbocycles. The lowest BCUT2D eigenvalue weighted by atomic mass is 10.1. The van der Waals surface area contributed by atoms with E-state index in [0.29, 0.717) is 22.2 Å². The Kier molecular flexibility index (Phi) is 15.3. The number of amides is 3. The summed E-state index contributed by atoms with van der Waals surface area (Å²) in [5.74, 6) is -3.25. The number of rotatable bonds is 15. The number of hydrogen-bond donors (Lipinski definition) is 2. The first kappa shape index (κ1) is 45.5. The maximum atomic E-state index is 15.7. The number of benzene rings is 3. The van der Waals surface area contributed by atoms with Crippen molar-refractivity contribution in [1.82, 2.24) is 14.9 Å². The van der Waals surface area contributed by atoms with Crippen molar-refractivity contribution < 1.29 is 55.3 Å². The number of carbonyl (C=O) groups is 3. The van der Waals surface area contributed by atoms with Crippen LogP contribution in [0.5, 0.6) is 17.2 Å². The van der Waals surface area contributed by atoms with Gasteiger partial charge in [-0.2, -0.15) is 0 Å². The van der Waals surface area contributed by atoms with Crippen LogP contribution in [0.2, 0.25) is 5.02 Å². The minimum absolute atomic E-state index is 0.0326. The maximum Gasteiger partial charge on any atom is 0.414 e. The third-order valence-electron chi connectivity index (χ3n) is 7.68. The average Bonchev–Trinajstić information content (AvgIpc) is 3.10. The number of ether oxygens (including phenoxy) is 5. The molecule has 0 spiro atoms. The van der Waals surface area contributed by atoms with E-state index < -0.39 is 80.8 Å². The van der Waals surface area contributed by atoms with Gasteiger partial charge in [0.15, 0.2) is 11.6 Å². The van der Waals surface area contributed by atoms with Gasteiger partial charge in [-0.1, -0.05) is 17.7 Å². The van der Waals surface area contributed by atoms with Gasteiger partial charge in [-0.05, 0) is 72.7 Å². The van der Waals surface area contributed by atoms with Crippen LogP contribution in [0.4, 0.5) is 24.1 Å². The van der Waals surface area contributed by atoms with E-state index >= 15 is 8.78 Å². The van der Waals surface area contributed by atoms with E-state index in [1.54, 1.807) is 48.5 Å². The molecular weight excluding hydrogens is 778 g/mol. The molecule has 0 aliphatic carbocycles. The molecule has 308 valence electrons. The lowest BCUT2D eigenvalue weighted by molar-refractivity contribution is -0.156. The fraction of sp³-hybridized carbons (Fsp3) is 0.447. The van der Waals surface area contributed by atoms with Crippen LogP contribution in [0, 0.1) is 11.6 Å².